The van der Waals surface area contributed by atoms with Crippen LogP contribution in [0, 0.1) is 5.92 Å². The van der Waals surface area contributed by atoms with E-state index < -0.39 is 0 Å². The molecule has 1 aliphatic rings. The molecule has 1 amide bonds. The van der Waals surface area contributed by atoms with E-state index in [-0.39, 0.29) is 11.8 Å². The maximum atomic E-state index is 11.6. The summed E-state index contributed by atoms with van der Waals surface area (Å²) in [6.07, 6.45) is 3.07. The molecule has 2 rings (SSSR count). The fraction of sp³-hybridized carbons (Fsp3) is 0.500. The van der Waals surface area contributed by atoms with Crippen LogP contribution in [0.25, 0.3) is 0 Å². The second kappa shape index (κ2) is 6.25. The Bertz CT molecular complexity index is 422. The minimum Gasteiger partial charge on any atom is -0.359 e. The smallest absolute Gasteiger partial charge is 0.224 e. The lowest BCUT2D eigenvalue weighted by molar-refractivity contribution is -0.124. The lowest BCUT2D eigenvalue weighted by Crippen LogP contribution is -2.30. The highest BCUT2D eigenvalue weighted by Gasteiger charge is 2.27. The Kier molecular flexibility index (Phi) is 4.66. The molecule has 1 aromatic rings. The van der Waals surface area contributed by atoms with Gasteiger partial charge in [0.1, 0.15) is 0 Å². The summed E-state index contributed by atoms with van der Waals surface area (Å²) < 4.78 is 0. The van der Waals surface area contributed by atoms with E-state index in [4.69, 9.17) is 0 Å². The zero-order valence-corrected chi connectivity index (χ0v) is 11.8. The Morgan fingerprint density at radius 3 is 3.11 bits per heavy atom. The number of likely N-dealkylation sites (tertiary alicyclic amines) is 1. The van der Waals surface area contributed by atoms with Crippen LogP contribution in [0.2, 0.25) is 0 Å². The van der Waals surface area contributed by atoms with Crippen LogP contribution in [-0.2, 0) is 11.3 Å². The number of thioether (sulfide) groups is 1. The highest BCUT2D eigenvalue weighted by atomic mass is 32.2. The largest absolute Gasteiger partial charge is 0.359 e. The van der Waals surface area contributed by atoms with Crippen molar-refractivity contribution in [2.45, 2.75) is 17.9 Å². The van der Waals surface area contributed by atoms with Crippen molar-refractivity contribution in [2.24, 2.45) is 5.92 Å². The fourth-order valence-corrected chi connectivity index (χ4v) is 2.91. The molecule has 98 valence electrons. The van der Waals surface area contributed by atoms with E-state index in [9.17, 15) is 4.79 Å². The molecule has 1 saturated heterocycles. The van der Waals surface area contributed by atoms with Gasteiger partial charge in [0.2, 0.25) is 5.91 Å². The fourth-order valence-electron chi connectivity index (χ4n) is 2.42. The van der Waals surface area contributed by atoms with Crippen molar-refractivity contribution in [1.82, 2.24) is 10.2 Å². The maximum absolute atomic E-state index is 11.6. The molecule has 1 atom stereocenters. The lowest BCUT2D eigenvalue weighted by Gasteiger charge is -2.16. The Hall–Kier alpha value is -1.00. The Labute approximate surface area is 113 Å². The molecule has 0 radical (unpaired) electrons. The monoisotopic (exact) mass is 264 g/mol. The van der Waals surface area contributed by atoms with Crippen LogP contribution in [0.3, 0.4) is 0 Å². The van der Waals surface area contributed by atoms with Crippen molar-refractivity contribution in [3.05, 3.63) is 29.8 Å². The quantitative estimate of drug-likeness (QED) is 0.844. The SMILES string of the molecule is CNC(=O)[C@@H]1CCN(Cc2cccc(SC)c2)C1. The summed E-state index contributed by atoms with van der Waals surface area (Å²) in [5, 5.41) is 2.74. The van der Waals surface area contributed by atoms with Crippen molar-refractivity contribution in [1.29, 1.82) is 0 Å². The van der Waals surface area contributed by atoms with Gasteiger partial charge >= 0.3 is 0 Å². The second-order valence-corrected chi connectivity index (χ2v) is 5.57. The maximum Gasteiger partial charge on any atom is 0.224 e. The second-order valence-electron chi connectivity index (χ2n) is 4.69. The van der Waals surface area contributed by atoms with E-state index in [1.165, 1.54) is 10.5 Å². The molecule has 1 aromatic carbocycles. The molecule has 18 heavy (non-hydrogen) atoms. The third kappa shape index (κ3) is 3.27. The van der Waals surface area contributed by atoms with Crippen LogP contribution in [0.5, 0.6) is 0 Å². The first-order valence-electron chi connectivity index (χ1n) is 6.30. The number of benzene rings is 1. The van der Waals surface area contributed by atoms with E-state index in [0.717, 1.165) is 26.1 Å². The van der Waals surface area contributed by atoms with Gasteiger partial charge in [-0.15, -0.1) is 11.8 Å². The number of nitrogens with zero attached hydrogens (tertiary/aromatic N) is 1. The number of hydrogen-bond acceptors (Lipinski definition) is 3. The number of carbonyl (C=O) groups excluding carboxylic acids is 1. The van der Waals surface area contributed by atoms with Gasteiger partial charge in [-0.1, -0.05) is 12.1 Å². The Morgan fingerprint density at radius 2 is 2.39 bits per heavy atom. The summed E-state index contributed by atoms with van der Waals surface area (Å²) in [5.74, 6) is 0.342. The summed E-state index contributed by atoms with van der Waals surface area (Å²) >= 11 is 1.77. The van der Waals surface area contributed by atoms with Gasteiger partial charge in [-0.2, -0.15) is 0 Å². The van der Waals surface area contributed by atoms with Crippen molar-refractivity contribution in [2.75, 3.05) is 26.4 Å². The summed E-state index contributed by atoms with van der Waals surface area (Å²) in [6, 6.07) is 8.63. The highest BCUT2D eigenvalue weighted by Crippen LogP contribution is 2.21. The summed E-state index contributed by atoms with van der Waals surface area (Å²) in [6.45, 7) is 2.84. The predicted molar refractivity (Wildman–Crippen MR) is 75.7 cm³/mol. The average molecular weight is 264 g/mol. The number of hydrogen-bond donors (Lipinski definition) is 1. The number of nitrogens with one attached hydrogen (secondary N) is 1. The Morgan fingerprint density at radius 1 is 1.56 bits per heavy atom. The van der Waals surface area contributed by atoms with Crippen LogP contribution in [-0.4, -0.2) is 37.2 Å². The molecule has 0 aliphatic carbocycles. The average Bonchev–Trinajstić information content (AvgIpc) is 2.86. The molecule has 0 aromatic heterocycles. The third-order valence-electron chi connectivity index (χ3n) is 3.43. The summed E-state index contributed by atoms with van der Waals surface area (Å²) in [5.41, 5.74) is 1.33. The van der Waals surface area contributed by atoms with Crippen LogP contribution in [0.4, 0.5) is 0 Å². The van der Waals surface area contributed by atoms with E-state index in [0.29, 0.717) is 0 Å². The van der Waals surface area contributed by atoms with Crippen molar-refractivity contribution in [3.8, 4) is 0 Å². The first-order chi connectivity index (χ1) is 8.72. The molecule has 0 saturated carbocycles. The van der Waals surface area contributed by atoms with Crippen LogP contribution >= 0.6 is 11.8 Å². The van der Waals surface area contributed by atoms with E-state index >= 15 is 0 Å². The number of amides is 1. The molecule has 3 nitrogen and oxygen atoms in total. The Balaban J connectivity index is 1.92. The highest BCUT2D eigenvalue weighted by molar-refractivity contribution is 7.98. The van der Waals surface area contributed by atoms with Crippen LogP contribution in [0.1, 0.15) is 12.0 Å². The topological polar surface area (TPSA) is 32.3 Å². The summed E-state index contributed by atoms with van der Waals surface area (Å²) in [7, 11) is 1.72. The molecule has 1 heterocycles. The van der Waals surface area contributed by atoms with Crippen molar-refractivity contribution >= 4 is 17.7 Å². The zero-order valence-electron chi connectivity index (χ0n) is 11.0. The standard InChI is InChI=1S/C14H20N2OS/c1-15-14(17)12-6-7-16(10-12)9-11-4-3-5-13(8-11)18-2/h3-5,8,12H,6-7,9-10H2,1-2H3,(H,15,17)/t12-/m1/s1. The zero-order chi connectivity index (χ0) is 13.0. The number of rotatable bonds is 4. The third-order valence-corrected chi connectivity index (χ3v) is 4.16. The van der Waals surface area contributed by atoms with Gasteiger partial charge in [0.05, 0.1) is 5.92 Å². The molecule has 1 aliphatic heterocycles. The molecule has 1 fully saturated rings. The molecule has 0 spiro atoms. The van der Waals surface area contributed by atoms with Gasteiger partial charge in [-0.3, -0.25) is 9.69 Å². The first-order valence-corrected chi connectivity index (χ1v) is 7.52. The van der Waals surface area contributed by atoms with E-state index in [1.807, 2.05) is 0 Å². The predicted octanol–water partition coefficient (Wildman–Crippen LogP) is 1.98. The van der Waals surface area contributed by atoms with Crippen LogP contribution in [0.15, 0.2) is 29.2 Å². The van der Waals surface area contributed by atoms with Gasteiger partial charge in [0.25, 0.3) is 0 Å². The summed E-state index contributed by atoms with van der Waals surface area (Å²) in [4.78, 5) is 15.2. The lowest BCUT2D eigenvalue weighted by atomic mass is 10.1. The van der Waals surface area contributed by atoms with Crippen molar-refractivity contribution in [3.63, 3.8) is 0 Å². The molecule has 0 bridgehead atoms. The van der Waals surface area contributed by atoms with E-state index in [1.54, 1.807) is 18.8 Å². The van der Waals surface area contributed by atoms with Crippen LogP contribution < -0.4 is 5.32 Å². The van der Waals surface area contributed by atoms with Crippen molar-refractivity contribution < 1.29 is 4.79 Å². The number of carbonyl (C=O) groups is 1. The van der Waals surface area contributed by atoms with Gasteiger partial charge in [-0.25, -0.2) is 0 Å². The molecular weight excluding hydrogens is 244 g/mol. The normalized spacial score (nSPS) is 20.0. The van der Waals surface area contributed by atoms with E-state index in [2.05, 4.69) is 40.7 Å². The molecule has 0 unspecified atom stereocenters. The first kappa shape index (κ1) is 13.4. The van der Waals surface area contributed by atoms with Gasteiger partial charge in [0.15, 0.2) is 0 Å². The van der Waals surface area contributed by atoms with Gasteiger partial charge in [0, 0.05) is 25.0 Å². The molecule has 4 heteroatoms. The molecule has 1 N–H and O–H groups in total. The molecular formula is C14H20N2OS. The van der Waals surface area contributed by atoms with Gasteiger partial charge < -0.3 is 5.32 Å². The minimum absolute atomic E-state index is 0.165. The van der Waals surface area contributed by atoms with Gasteiger partial charge in [-0.05, 0) is 36.9 Å². The minimum atomic E-state index is 0.165.